The standard InChI is InChI=1S/C15H16BrClN4/c16-13-3-2-12(10-14(13)17)20-11-4-8-21(9-5-11)15-18-6-1-7-19-15/h1-3,6-7,10-11,20H,4-5,8-9H2. The second-order valence-corrected chi connectivity index (χ2v) is 6.34. The zero-order valence-electron chi connectivity index (χ0n) is 11.5. The number of hydrogen-bond acceptors (Lipinski definition) is 4. The topological polar surface area (TPSA) is 41.0 Å². The van der Waals surface area contributed by atoms with Crippen LogP contribution in [0.1, 0.15) is 12.8 Å². The number of aromatic nitrogens is 2. The molecule has 110 valence electrons. The molecule has 0 spiro atoms. The van der Waals surface area contributed by atoms with E-state index in [1.54, 1.807) is 12.4 Å². The molecule has 1 aliphatic heterocycles. The number of nitrogens with one attached hydrogen (secondary N) is 1. The molecule has 0 atom stereocenters. The Hall–Kier alpha value is -1.33. The van der Waals surface area contributed by atoms with E-state index in [0.29, 0.717) is 6.04 Å². The highest BCUT2D eigenvalue weighted by molar-refractivity contribution is 9.10. The first-order valence-corrected chi connectivity index (χ1v) is 8.13. The van der Waals surface area contributed by atoms with Gasteiger partial charge < -0.3 is 10.2 Å². The molecule has 0 radical (unpaired) electrons. The van der Waals surface area contributed by atoms with Gasteiger partial charge in [-0.15, -0.1) is 0 Å². The number of hydrogen-bond donors (Lipinski definition) is 1. The van der Waals surface area contributed by atoms with Crippen LogP contribution in [-0.2, 0) is 0 Å². The largest absolute Gasteiger partial charge is 0.382 e. The van der Waals surface area contributed by atoms with E-state index in [2.05, 4.69) is 36.1 Å². The summed E-state index contributed by atoms with van der Waals surface area (Å²) in [5.41, 5.74) is 1.07. The van der Waals surface area contributed by atoms with Crippen LogP contribution in [0.2, 0.25) is 5.02 Å². The number of rotatable bonds is 3. The van der Waals surface area contributed by atoms with Crippen LogP contribution < -0.4 is 10.2 Å². The van der Waals surface area contributed by atoms with Crippen molar-refractivity contribution < 1.29 is 0 Å². The Labute approximate surface area is 137 Å². The van der Waals surface area contributed by atoms with Crippen molar-refractivity contribution in [3.05, 3.63) is 46.2 Å². The Morgan fingerprint density at radius 2 is 1.90 bits per heavy atom. The Bertz CT molecular complexity index is 600. The van der Waals surface area contributed by atoms with E-state index >= 15 is 0 Å². The summed E-state index contributed by atoms with van der Waals surface area (Å²) < 4.78 is 0.922. The second kappa shape index (κ2) is 6.62. The fourth-order valence-electron chi connectivity index (χ4n) is 2.50. The monoisotopic (exact) mass is 366 g/mol. The molecule has 0 saturated carbocycles. The molecule has 1 aromatic carbocycles. The van der Waals surface area contributed by atoms with Gasteiger partial charge in [0.25, 0.3) is 0 Å². The summed E-state index contributed by atoms with van der Waals surface area (Å²) in [6.45, 7) is 1.93. The van der Waals surface area contributed by atoms with Crippen LogP contribution >= 0.6 is 27.5 Å². The Morgan fingerprint density at radius 1 is 1.19 bits per heavy atom. The van der Waals surface area contributed by atoms with Gasteiger partial charge in [0.05, 0.1) is 5.02 Å². The number of piperidine rings is 1. The average molecular weight is 368 g/mol. The van der Waals surface area contributed by atoms with Crippen molar-refractivity contribution >= 4 is 39.2 Å². The van der Waals surface area contributed by atoms with Crippen LogP contribution in [-0.4, -0.2) is 29.1 Å². The second-order valence-electron chi connectivity index (χ2n) is 5.08. The molecular weight excluding hydrogens is 352 g/mol. The Morgan fingerprint density at radius 3 is 2.57 bits per heavy atom. The number of halogens is 2. The first-order valence-electron chi connectivity index (χ1n) is 6.96. The summed E-state index contributed by atoms with van der Waals surface area (Å²) in [4.78, 5) is 10.8. The smallest absolute Gasteiger partial charge is 0.225 e. The SMILES string of the molecule is Clc1cc(NC2CCN(c3ncccn3)CC2)ccc1Br. The van der Waals surface area contributed by atoms with Gasteiger partial charge in [-0.05, 0) is 53.0 Å². The third-order valence-electron chi connectivity index (χ3n) is 3.62. The summed E-state index contributed by atoms with van der Waals surface area (Å²) in [5.74, 6) is 0.822. The zero-order valence-corrected chi connectivity index (χ0v) is 13.8. The van der Waals surface area contributed by atoms with Gasteiger partial charge in [-0.1, -0.05) is 11.6 Å². The average Bonchev–Trinajstić information content (AvgIpc) is 2.53. The zero-order chi connectivity index (χ0) is 14.7. The maximum Gasteiger partial charge on any atom is 0.225 e. The fourth-order valence-corrected chi connectivity index (χ4v) is 2.93. The van der Waals surface area contributed by atoms with Gasteiger partial charge in [-0.3, -0.25) is 0 Å². The van der Waals surface area contributed by atoms with Gasteiger partial charge in [0.1, 0.15) is 0 Å². The molecule has 0 aliphatic carbocycles. The molecule has 3 rings (SSSR count). The summed E-state index contributed by atoms with van der Waals surface area (Å²) in [5, 5.41) is 4.28. The van der Waals surface area contributed by atoms with Crippen LogP contribution in [0.4, 0.5) is 11.6 Å². The van der Waals surface area contributed by atoms with Gasteiger partial charge in [-0.25, -0.2) is 9.97 Å². The summed E-state index contributed by atoms with van der Waals surface area (Å²) in [6.07, 6.45) is 5.70. The van der Waals surface area contributed by atoms with E-state index in [-0.39, 0.29) is 0 Å². The van der Waals surface area contributed by atoms with Gasteiger partial charge in [0, 0.05) is 41.7 Å². The Kier molecular flexibility index (Phi) is 4.60. The molecule has 2 aromatic rings. The van der Waals surface area contributed by atoms with Crippen LogP contribution in [0, 0.1) is 0 Å². The summed E-state index contributed by atoms with van der Waals surface area (Å²) >= 11 is 9.53. The third kappa shape index (κ3) is 3.66. The minimum atomic E-state index is 0.460. The maximum absolute atomic E-state index is 6.12. The minimum absolute atomic E-state index is 0.460. The van der Waals surface area contributed by atoms with Crippen molar-refractivity contribution in [1.82, 2.24) is 9.97 Å². The lowest BCUT2D eigenvalue weighted by Gasteiger charge is -2.32. The van der Waals surface area contributed by atoms with E-state index in [1.165, 1.54) is 0 Å². The molecule has 1 N–H and O–H groups in total. The number of benzene rings is 1. The van der Waals surface area contributed by atoms with E-state index in [4.69, 9.17) is 11.6 Å². The van der Waals surface area contributed by atoms with Gasteiger partial charge in [0.15, 0.2) is 0 Å². The van der Waals surface area contributed by atoms with Gasteiger partial charge >= 0.3 is 0 Å². The lowest BCUT2D eigenvalue weighted by molar-refractivity contribution is 0.520. The van der Waals surface area contributed by atoms with Crippen molar-refractivity contribution in [2.45, 2.75) is 18.9 Å². The lowest BCUT2D eigenvalue weighted by Crippen LogP contribution is -2.39. The molecule has 0 amide bonds. The molecule has 6 heteroatoms. The first-order chi connectivity index (χ1) is 10.2. The highest BCUT2D eigenvalue weighted by atomic mass is 79.9. The van der Waals surface area contributed by atoms with Gasteiger partial charge in [0.2, 0.25) is 5.95 Å². The molecule has 4 nitrogen and oxygen atoms in total. The summed E-state index contributed by atoms with van der Waals surface area (Å²) in [6, 6.07) is 8.27. The lowest BCUT2D eigenvalue weighted by atomic mass is 10.0. The van der Waals surface area contributed by atoms with Crippen molar-refractivity contribution in [3.8, 4) is 0 Å². The molecule has 0 bridgehead atoms. The van der Waals surface area contributed by atoms with E-state index < -0.39 is 0 Å². The molecule has 0 unspecified atom stereocenters. The van der Waals surface area contributed by atoms with E-state index in [9.17, 15) is 0 Å². The molecule has 1 saturated heterocycles. The fraction of sp³-hybridized carbons (Fsp3) is 0.333. The number of anilines is 2. The predicted octanol–water partition coefficient (Wildman–Crippen LogP) is 3.97. The summed E-state index contributed by atoms with van der Waals surface area (Å²) in [7, 11) is 0. The van der Waals surface area contributed by atoms with Crippen LogP contribution in [0.5, 0.6) is 0 Å². The van der Waals surface area contributed by atoms with Crippen LogP contribution in [0.25, 0.3) is 0 Å². The minimum Gasteiger partial charge on any atom is -0.382 e. The highest BCUT2D eigenvalue weighted by Gasteiger charge is 2.20. The quantitative estimate of drug-likeness (QED) is 0.891. The molecule has 21 heavy (non-hydrogen) atoms. The van der Waals surface area contributed by atoms with Crippen molar-refractivity contribution in [2.75, 3.05) is 23.3 Å². The molecular formula is C15H16BrClN4. The van der Waals surface area contributed by atoms with Crippen molar-refractivity contribution in [1.29, 1.82) is 0 Å². The maximum atomic E-state index is 6.12. The van der Waals surface area contributed by atoms with E-state index in [0.717, 1.165) is 47.1 Å². The molecule has 1 aliphatic rings. The first kappa shape index (κ1) is 14.6. The van der Waals surface area contributed by atoms with Gasteiger partial charge in [-0.2, -0.15) is 0 Å². The normalized spacial score (nSPS) is 16.0. The molecule has 2 heterocycles. The van der Waals surface area contributed by atoms with E-state index in [1.807, 2.05) is 24.3 Å². The predicted molar refractivity (Wildman–Crippen MR) is 90.0 cm³/mol. The van der Waals surface area contributed by atoms with Crippen molar-refractivity contribution in [2.24, 2.45) is 0 Å². The number of nitrogens with zero attached hydrogens (tertiary/aromatic N) is 3. The third-order valence-corrected chi connectivity index (χ3v) is 4.85. The Balaban J connectivity index is 1.57. The van der Waals surface area contributed by atoms with Crippen LogP contribution in [0.3, 0.4) is 0 Å². The molecule has 1 fully saturated rings. The van der Waals surface area contributed by atoms with Crippen LogP contribution in [0.15, 0.2) is 41.1 Å². The highest BCUT2D eigenvalue weighted by Crippen LogP contribution is 2.27. The molecule has 1 aromatic heterocycles. The van der Waals surface area contributed by atoms with Crippen molar-refractivity contribution in [3.63, 3.8) is 0 Å².